The Morgan fingerprint density at radius 1 is 1.25 bits per heavy atom. The summed E-state index contributed by atoms with van der Waals surface area (Å²) in [5, 5.41) is 4.06. The van der Waals surface area contributed by atoms with E-state index in [4.69, 9.17) is 9.15 Å². The summed E-state index contributed by atoms with van der Waals surface area (Å²) in [6.07, 6.45) is 0. The van der Waals surface area contributed by atoms with E-state index in [9.17, 15) is 4.79 Å². The number of ether oxygens (including phenoxy) is 1. The van der Waals surface area contributed by atoms with Gasteiger partial charge in [0.25, 0.3) is 5.91 Å². The largest absolute Gasteiger partial charge is 0.497 e. The van der Waals surface area contributed by atoms with Crippen LogP contribution in [0.3, 0.4) is 0 Å². The topological polar surface area (TPSA) is 58.8 Å². The van der Waals surface area contributed by atoms with Crippen molar-refractivity contribution in [1.82, 2.24) is 14.8 Å². The van der Waals surface area contributed by atoms with Gasteiger partial charge in [0.05, 0.1) is 12.8 Å². The first kappa shape index (κ1) is 18.7. The van der Waals surface area contributed by atoms with Crippen molar-refractivity contribution in [3.63, 3.8) is 0 Å². The third kappa shape index (κ3) is 3.95. The highest BCUT2D eigenvalue weighted by Crippen LogP contribution is 2.25. The molecule has 2 aromatic heterocycles. The maximum Gasteiger partial charge on any atom is 0.254 e. The number of benzene rings is 1. The monoisotopic (exact) mass is 397 g/mol. The number of thiophene rings is 1. The number of carbonyl (C=O) groups is 1. The molecule has 1 aromatic carbocycles. The second-order valence-corrected chi connectivity index (χ2v) is 7.61. The number of aromatic nitrogens is 1. The van der Waals surface area contributed by atoms with Gasteiger partial charge in [-0.3, -0.25) is 9.69 Å². The van der Waals surface area contributed by atoms with Gasteiger partial charge in [0.2, 0.25) is 5.89 Å². The highest BCUT2D eigenvalue weighted by atomic mass is 32.1. The molecule has 1 aliphatic rings. The highest BCUT2D eigenvalue weighted by molar-refractivity contribution is 7.08. The summed E-state index contributed by atoms with van der Waals surface area (Å²) >= 11 is 1.63. The number of nitrogens with zero attached hydrogens (tertiary/aromatic N) is 3. The van der Waals surface area contributed by atoms with Gasteiger partial charge in [0.1, 0.15) is 11.5 Å². The molecule has 1 amide bonds. The van der Waals surface area contributed by atoms with Gasteiger partial charge in [-0.15, -0.1) is 0 Å². The molecule has 6 nitrogen and oxygen atoms in total. The Balaban J connectivity index is 1.36. The number of rotatable bonds is 5. The van der Waals surface area contributed by atoms with Crippen LogP contribution in [0.2, 0.25) is 0 Å². The van der Waals surface area contributed by atoms with E-state index in [0.717, 1.165) is 36.7 Å². The van der Waals surface area contributed by atoms with Gasteiger partial charge in [0, 0.05) is 49.2 Å². The lowest BCUT2D eigenvalue weighted by Crippen LogP contribution is -2.48. The van der Waals surface area contributed by atoms with E-state index >= 15 is 0 Å². The van der Waals surface area contributed by atoms with Crippen molar-refractivity contribution < 1.29 is 13.9 Å². The van der Waals surface area contributed by atoms with Gasteiger partial charge in [-0.05, 0) is 36.6 Å². The van der Waals surface area contributed by atoms with Crippen LogP contribution in [-0.2, 0) is 6.54 Å². The second-order valence-electron chi connectivity index (χ2n) is 6.83. The summed E-state index contributed by atoms with van der Waals surface area (Å²) in [5.41, 5.74) is 2.65. The third-order valence-corrected chi connectivity index (χ3v) is 5.69. The molecule has 7 heteroatoms. The molecule has 0 saturated carbocycles. The summed E-state index contributed by atoms with van der Waals surface area (Å²) in [4.78, 5) is 21.6. The number of aryl methyl sites for hydroxylation is 1. The fraction of sp³-hybridized carbons (Fsp3) is 0.333. The van der Waals surface area contributed by atoms with Gasteiger partial charge in [0.15, 0.2) is 0 Å². The zero-order valence-electron chi connectivity index (χ0n) is 16.1. The molecule has 4 rings (SSSR count). The van der Waals surface area contributed by atoms with Crippen molar-refractivity contribution >= 4 is 17.2 Å². The van der Waals surface area contributed by atoms with E-state index in [1.54, 1.807) is 24.5 Å². The summed E-state index contributed by atoms with van der Waals surface area (Å²) in [6, 6.07) is 9.34. The van der Waals surface area contributed by atoms with Crippen molar-refractivity contribution in [1.29, 1.82) is 0 Å². The van der Waals surface area contributed by atoms with Crippen LogP contribution in [0.5, 0.6) is 5.75 Å². The lowest BCUT2D eigenvalue weighted by Gasteiger charge is -2.34. The van der Waals surface area contributed by atoms with Crippen LogP contribution in [0.4, 0.5) is 0 Å². The molecule has 1 aliphatic heterocycles. The number of hydrogen-bond donors (Lipinski definition) is 0. The first-order valence-corrected chi connectivity index (χ1v) is 10.2. The molecule has 3 aromatic rings. The lowest BCUT2D eigenvalue weighted by atomic mass is 10.1. The number of hydrogen-bond acceptors (Lipinski definition) is 6. The Morgan fingerprint density at radius 2 is 2.07 bits per heavy atom. The van der Waals surface area contributed by atoms with Crippen LogP contribution in [0.15, 0.2) is 45.5 Å². The average molecular weight is 398 g/mol. The van der Waals surface area contributed by atoms with Gasteiger partial charge >= 0.3 is 0 Å². The second kappa shape index (κ2) is 8.16. The molecule has 0 unspecified atom stereocenters. The third-order valence-electron chi connectivity index (χ3n) is 5.01. The molecule has 0 bridgehead atoms. The zero-order valence-corrected chi connectivity index (χ0v) is 16.9. The first-order chi connectivity index (χ1) is 13.6. The van der Waals surface area contributed by atoms with Crippen molar-refractivity contribution in [2.75, 3.05) is 33.3 Å². The van der Waals surface area contributed by atoms with Gasteiger partial charge in [-0.25, -0.2) is 4.98 Å². The number of methoxy groups -OCH3 is 1. The van der Waals surface area contributed by atoms with Gasteiger partial charge in [-0.2, -0.15) is 11.3 Å². The summed E-state index contributed by atoms with van der Waals surface area (Å²) < 4.78 is 11.1. The van der Waals surface area contributed by atoms with E-state index < -0.39 is 0 Å². The van der Waals surface area contributed by atoms with E-state index in [2.05, 4.69) is 9.88 Å². The molecule has 146 valence electrons. The standard InChI is InChI=1S/C21H23N3O3S/c1-15-19(22-20(27-15)17-6-11-28-14-17)13-23-7-9-24(10-8-23)21(25)16-4-3-5-18(12-16)26-2/h3-6,11-12,14H,7-10,13H2,1-2H3. The average Bonchev–Trinajstić information content (AvgIpc) is 3.38. The number of piperazine rings is 1. The van der Waals surface area contributed by atoms with Crippen molar-refractivity contribution in [2.24, 2.45) is 0 Å². The van der Waals surface area contributed by atoms with Crippen LogP contribution < -0.4 is 4.74 Å². The minimum absolute atomic E-state index is 0.0518. The highest BCUT2D eigenvalue weighted by Gasteiger charge is 2.24. The molecule has 0 atom stereocenters. The Hall–Kier alpha value is -2.64. The molecule has 0 N–H and O–H groups in total. The fourth-order valence-corrected chi connectivity index (χ4v) is 3.97. The maximum atomic E-state index is 12.7. The Labute approximate surface area is 168 Å². The Morgan fingerprint density at radius 3 is 2.79 bits per heavy atom. The smallest absolute Gasteiger partial charge is 0.254 e. The SMILES string of the molecule is COc1cccc(C(=O)N2CCN(Cc3nc(-c4ccsc4)oc3C)CC2)c1. The minimum Gasteiger partial charge on any atom is -0.497 e. The first-order valence-electron chi connectivity index (χ1n) is 9.28. The molecule has 28 heavy (non-hydrogen) atoms. The molecule has 0 spiro atoms. The normalized spacial score (nSPS) is 15.0. The van der Waals surface area contributed by atoms with Gasteiger partial charge in [-0.1, -0.05) is 6.07 Å². The molecule has 1 saturated heterocycles. The van der Waals surface area contributed by atoms with E-state index in [1.165, 1.54) is 0 Å². The van der Waals surface area contributed by atoms with E-state index in [-0.39, 0.29) is 5.91 Å². The van der Waals surface area contributed by atoms with Crippen LogP contribution in [0.25, 0.3) is 11.5 Å². The van der Waals surface area contributed by atoms with Crippen LogP contribution in [0, 0.1) is 6.92 Å². The Kier molecular flexibility index (Phi) is 5.45. The Bertz CT molecular complexity index is 944. The fourth-order valence-electron chi connectivity index (χ4n) is 3.34. The van der Waals surface area contributed by atoms with Crippen LogP contribution >= 0.6 is 11.3 Å². The summed E-state index contributed by atoms with van der Waals surface area (Å²) in [6.45, 7) is 5.72. The van der Waals surface area contributed by atoms with E-state index in [1.807, 2.05) is 46.8 Å². The molecular weight excluding hydrogens is 374 g/mol. The zero-order chi connectivity index (χ0) is 19.5. The molecule has 3 heterocycles. The molecule has 0 aliphatic carbocycles. The quantitative estimate of drug-likeness (QED) is 0.657. The summed E-state index contributed by atoms with van der Waals surface area (Å²) in [5.74, 6) is 2.29. The van der Waals surface area contributed by atoms with E-state index in [0.29, 0.717) is 30.3 Å². The lowest BCUT2D eigenvalue weighted by molar-refractivity contribution is 0.0626. The van der Waals surface area contributed by atoms with Crippen LogP contribution in [-0.4, -0.2) is 54.0 Å². The maximum absolute atomic E-state index is 12.7. The van der Waals surface area contributed by atoms with Crippen LogP contribution in [0.1, 0.15) is 21.8 Å². The van der Waals surface area contributed by atoms with Crippen molar-refractivity contribution in [2.45, 2.75) is 13.5 Å². The molecule has 1 fully saturated rings. The van der Waals surface area contributed by atoms with Gasteiger partial charge < -0.3 is 14.1 Å². The number of oxazole rings is 1. The predicted octanol–water partition coefficient (Wildman–Crippen LogP) is 3.68. The van der Waals surface area contributed by atoms with Crippen molar-refractivity contribution in [3.05, 3.63) is 58.1 Å². The number of amides is 1. The predicted molar refractivity (Wildman–Crippen MR) is 109 cm³/mol. The molecular formula is C21H23N3O3S. The minimum atomic E-state index is 0.0518. The molecule has 0 radical (unpaired) electrons. The summed E-state index contributed by atoms with van der Waals surface area (Å²) in [7, 11) is 1.61. The number of carbonyl (C=O) groups excluding carboxylic acids is 1. The van der Waals surface area contributed by atoms with Crippen molar-refractivity contribution in [3.8, 4) is 17.2 Å².